The molecule has 1 fully saturated rings. The standard InChI is InChI=1S/C12H17BrN2O2/c13-11-5-10(6-14-8-11)7-15-9-12(16)1-3-17-4-2-12/h5-6,8,15-16H,1-4,7,9H2. The molecule has 1 aliphatic heterocycles. The van der Waals surface area contributed by atoms with Gasteiger partial charge in [-0.15, -0.1) is 0 Å². The number of rotatable bonds is 4. The van der Waals surface area contributed by atoms with Crippen LogP contribution in [0.2, 0.25) is 0 Å². The van der Waals surface area contributed by atoms with Gasteiger partial charge in [0.2, 0.25) is 0 Å². The summed E-state index contributed by atoms with van der Waals surface area (Å²) >= 11 is 3.39. The van der Waals surface area contributed by atoms with Gasteiger partial charge in [-0.2, -0.15) is 0 Å². The van der Waals surface area contributed by atoms with E-state index >= 15 is 0 Å². The van der Waals surface area contributed by atoms with Gasteiger partial charge < -0.3 is 15.2 Å². The highest BCUT2D eigenvalue weighted by molar-refractivity contribution is 9.10. The lowest BCUT2D eigenvalue weighted by atomic mass is 9.94. The van der Waals surface area contributed by atoms with Gasteiger partial charge in [0.25, 0.3) is 0 Å². The molecule has 2 rings (SSSR count). The largest absolute Gasteiger partial charge is 0.388 e. The zero-order valence-corrected chi connectivity index (χ0v) is 11.2. The van der Waals surface area contributed by atoms with E-state index in [1.807, 2.05) is 12.3 Å². The molecule has 0 spiro atoms. The van der Waals surface area contributed by atoms with E-state index in [4.69, 9.17) is 4.74 Å². The maximum Gasteiger partial charge on any atom is 0.0815 e. The maximum absolute atomic E-state index is 10.2. The molecule has 2 N–H and O–H groups in total. The first kappa shape index (κ1) is 13.0. The predicted molar refractivity (Wildman–Crippen MR) is 68.6 cm³/mol. The van der Waals surface area contributed by atoms with Crippen LogP contribution in [-0.2, 0) is 11.3 Å². The molecule has 0 bridgehead atoms. The number of hydrogen-bond acceptors (Lipinski definition) is 4. The number of hydrogen-bond donors (Lipinski definition) is 2. The first-order valence-corrected chi connectivity index (χ1v) is 6.58. The second-order valence-electron chi connectivity index (χ2n) is 4.45. The van der Waals surface area contributed by atoms with Crippen LogP contribution >= 0.6 is 15.9 Å². The molecule has 94 valence electrons. The van der Waals surface area contributed by atoms with E-state index in [0.717, 1.165) is 16.6 Å². The fraction of sp³-hybridized carbons (Fsp3) is 0.583. The number of aliphatic hydroxyl groups is 1. The van der Waals surface area contributed by atoms with Crippen LogP contribution in [0, 0.1) is 0 Å². The van der Waals surface area contributed by atoms with Crippen molar-refractivity contribution in [3.63, 3.8) is 0 Å². The van der Waals surface area contributed by atoms with Gasteiger partial charge in [-0.25, -0.2) is 0 Å². The van der Waals surface area contributed by atoms with Gasteiger partial charge in [0.15, 0.2) is 0 Å². The van der Waals surface area contributed by atoms with Gasteiger partial charge in [0.05, 0.1) is 5.60 Å². The summed E-state index contributed by atoms with van der Waals surface area (Å²) in [4.78, 5) is 4.10. The Hall–Kier alpha value is -0.490. The molecule has 1 aromatic heterocycles. The summed E-state index contributed by atoms with van der Waals surface area (Å²) in [7, 11) is 0. The van der Waals surface area contributed by atoms with Crippen LogP contribution in [0.25, 0.3) is 0 Å². The van der Waals surface area contributed by atoms with E-state index in [2.05, 4.69) is 26.2 Å². The van der Waals surface area contributed by atoms with E-state index in [9.17, 15) is 5.11 Å². The number of aromatic nitrogens is 1. The second kappa shape index (κ2) is 5.91. The first-order chi connectivity index (χ1) is 8.18. The second-order valence-corrected chi connectivity index (χ2v) is 5.37. The Kier molecular flexibility index (Phi) is 4.50. The quantitative estimate of drug-likeness (QED) is 0.884. The topological polar surface area (TPSA) is 54.4 Å². The third-order valence-corrected chi connectivity index (χ3v) is 3.40. The number of nitrogens with zero attached hydrogens (tertiary/aromatic N) is 1. The van der Waals surface area contributed by atoms with Crippen molar-refractivity contribution in [1.29, 1.82) is 0 Å². The van der Waals surface area contributed by atoms with Crippen molar-refractivity contribution < 1.29 is 9.84 Å². The average Bonchev–Trinajstić information content (AvgIpc) is 2.30. The van der Waals surface area contributed by atoms with E-state index in [1.165, 1.54) is 0 Å². The normalized spacial score (nSPS) is 19.2. The fourth-order valence-electron chi connectivity index (χ4n) is 1.92. The van der Waals surface area contributed by atoms with Crippen molar-refractivity contribution in [3.8, 4) is 0 Å². The molecule has 1 saturated heterocycles. The molecule has 0 amide bonds. The Morgan fingerprint density at radius 2 is 2.18 bits per heavy atom. The number of halogens is 1. The van der Waals surface area contributed by atoms with Crippen LogP contribution in [0.5, 0.6) is 0 Å². The molecule has 0 unspecified atom stereocenters. The summed E-state index contributed by atoms with van der Waals surface area (Å²) < 4.78 is 6.21. The van der Waals surface area contributed by atoms with E-state index in [1.54, 1.807) is 6.20 Å². The molecule has 2 heterocycles. The lowest BCUT2D eigenvalue weighted by molar-refractivity contribution is -0.0617. The Morgan fingerprint density at radius 3 is 2.88 bits per heavy atom. The molecule has 1 aromatic rings. The highest BCUT2D eigenvalue weighted by Crippen LogP contribution is 2.19. The minimum atomic E-state index is -0.613. The predicted octanol–water partition coefficient (Wildman–Crippen LogP) is 1.48. The van der Waals surface area contributed by atoms with Crippen LogP contribution in [0.1, 0.15) is 18.4 Å². The van der Waals surface area contributed by atoms with Crippen molar-refractivity contribution in [3.05, 3.63) is 28.5 Å². The van der Waals surface area contributed by atoms with Gasteiger partial charge >= 0.3 is 0 Å². The van der Waals surface area contributed by atoms with Crippen molar-refractivity contribution in [2.75, 3.05) is 19.8 Å². The molecule has 4 nitrogen and oxygen atoms in total. The highest BCUT2D eigenvalue weighted by Gasteiger charge is 2.28. The van der Waals surface area contributed by atoms with Gasteiger partial charge in [-0.1, -0.05) is 0 Å². The Labute approximate surface area is 110 Å². The van der Waals surface area contributed by atoms with Crippen molar-refractivity contribution in [1.82, 2.24) is 10.3 Å². The van der Waals surface area contributed by atoms with E-state index in [0.29, 0.717) is 32.6 Å². The van der Waals surface area contributed by atoms with Gasteiger partial charge in [0, 0.05) is 56.0 Å². The van der Waals surface area contributed by atoms with Crippen LogP contribution in [-0.4, -0.2) is 35.5 Å². The van der Waals surface area contributed by atoms with E-state index in [-0.39, 0.29) is 0 Å². The molecule has 0 saturated carbocycles. The fourth-order valence-corrected chi connectivity index (χ4v) is 2.33. The zero-order chi connectivity index (χ0) is 12.1. The monoisotopic (exact) mass is 300 g/mol. The molecule has 17 heavy (non-hydrogen) atoms. The molecule has 0 atom stereocenters. The summed E-state index contributed by atoms with van der Waals surface area (Å²) in [5.41, 5.74) is 0.493. The average molecular weight is 301 g/mol. The van der Waals surface area contributed by atoms with Crippen molar-refractivity contribution >= 4 is 15.9 Å². The summed E-state index contributed by atoms with van der Waals surface area (Å²) in [5.74, 6) is 0. The molecule has 0 radical (unpaired) electrons. The first-order valence-electron chi connectivity index (χ1n) is 5.78. The van der Waals surface area contributed by atoms with Crippen LogP contribution < -0.4 is 5.32 Å². The molecule has 1 aliphatic rings. The summed E-state index contributed by atoms with van der Waals surface area (Å²) in [6.45, 7) is 2.62. The summed E-state index contributed by atoms with van der Waals surface area (Å²) in [5, 5.41) is 13.5. The highest BCUT2D eigenvalue weighted by atomic mass is 79.9. The third kappa shape index (κ3) is 4.03. The maximum atomic E-state index is 10.2. The molecule has 0 aliphatic carbocycles. The van der Waals surface area contributed by atoms with Crippen molar-refractivity contribution in [2.24, 2.45) is 0 Å². The summed E-state index contributed by atoms with van der Waals surface area (Å²) in [6.07, 6.45) is 4.99. The Balaban J connectivity index is 1.79. The Bertz CT molecular complexity index is 367. The lowest BCUT2D eigenvalue weighted by Crippen LogP contribution is -2.44. The minimum absolute atomic E-state index is 0.600. The van der Waals surface area contributed by atoms with Gasteiger partial charge in [-0.3, -0.25) is 4.98 Å². The minimum Gasteiger partial charge on any atom is -0.388 e. The third-order valence-electron chi connectivity index (χ3n) is 2.97. The zero-order valence-electron chi connectivity index (χ0n) is 9.66. The van der Waals surface area contributed by atoms with E-state index < -0.39 is 5.60 Å². The van der Waals surface area contributed by atoms with Crippen LogP contribution in [0.15, 0.2) is 22.9 Å². The molecule has 5 heteroatoms. The van der Waals surface area contributed by atoms with Crippen molar-refractivity contribution in [2.45, 2.75) is 25.0 Å². The number of ether oxygens (including phenoxy) is 1. The van der Waals surface area contributed by atoms with Gasteiger partial charge in [-0.05, 0) is 27.6 Å². The number of pyridine rings is 1. The Morgan fingerprint density at radius 1 is 1.41 bits per heavy atom. The number of nitrogens with one attached hydrogen (secondary N) is 1. The van der Waals surface area contributed by atoms with Gasteiger partial charge in [0.1, 0.15) is 0 Å². The molecular formula is C12H17BrN2O2. The summed E-state index contributed by atoms with van der Waals surface area (Å²) in [6, 6.07) is 2.02. The molecule has 0 aromatic carbocycles. The lowest BCUT2D eigenvalue weighted by Gasteiger charge is -2.32. The smallest absolute Gasteiger partial charge is 0.0815 e. The molecular weight excluding hydrogens is 284 g/mol. The van der Waals surface area contributed by atoms with Crippen LogP contribution in [0.3, 0.4) is 0 Å². The SMILES string of the molecule is OC1(CNCc2cncc(Br)c2)CCOCC1. The van der Waals surface area contributed by atoms with Crippen LogP contribution in [0.4, 0.5) is 0 Å².